The van der Waals surface area contributed by atoms with Gasteiger partial charge in [0.05, 0.1) is 11.9 Å². The zero-order chi connectivity index (χ0) is 10.8. The Morgan fingerprint density at radius 3 is 2.94 bits per heavy atom. The van der Waals surface area contributed by atoms with Gasteiger partial charge in [-0.25, -0.2) is 4.68 Å². The van der Waals surface area contributed by atoms with Gasteiger partial charge in [0, 0.05) is 6.54 Å². The maximum atomic E-state index is 4.23. The highest BCUT2D eigenvalue weighted by Gasteiger charge is 2.21. The summed E-state index contributed by atoms with van der Waals surface area (Å²) >= 11 is 0. The molecular formula is C12H20N4. The highest BCUT2D eigenvalue weighted by Crippen LogP contribution is 2.28. The van der Waals surface area contributed by atoms with Crippen LogP contribution in [0.1, 0.15) is 31.4 Å². The van der Waals surface area contributed by atoms with Crippen LogP contribution in [0.25, 0.3) is 0 Å². The largest absolute Gasteiger partial charge is 0.316 e. The average Bonchev–Trinajstić information content (AvgIpc) is 2.84. The molecule has 2 heterocycles. The number of rotatable bonds is 4. The first-order valence-corrected chi connectivity index (χ1v) is 6.50. The molecule has 0 bridgehead atoms. The average molecular weight is 220 g/mol. The van der Waals surface area contributed by atoms with Crippen molar-refractivity contribution in [1.82, 2.24) is 20.3 Å². The van der Waals surface area contributed by atoms with Crippen LogP contribution in [0.3, 0.4) is 0 Å². The molecule has 0 spiro atoms. The number of hydrogen-bond donors (Lipinski definition) is 1. The minimum atomic E-state index is 0.790. The zero-order valence-corrected chi connectivity index (χ0v) is 9.73. The van der Waals surface area contributed by atoms with E-state index >= 15 is 0 Å². The fourth-order valence-corrected chi connectivity index (χ4v) is 2.70. The van der Waals surface area contributed by atoms with E-state index in [-0.39, 0.29) is 0 Å². The van der Waals surface area contributed by atoms with Crippen molar-refractivity contribution in [3.63, 3.8) is 0 Å². The van der Waals surface area contributed by atoms with Crippen molar-refractivity contribution < 1.29 is 0 Å². The molecule has 1 saturated heterocycles. The second-order valence-corrected chi connectivity index (χ2v) is 5.27. The Bertz CT molecular complexity index is 337. The van der Waals surface area contributed by atoms with Gasteiger partial charge in [-0.2, -0.15) is 0 Å². The first-order chi connectivity index (χ1) is 7.92. The van der Waals surface area contributed by atoms with Gasteiger partial charge in [0.15, 0.2) is 0 Å². The molecule has 2 aliphatic rings. The van der Waals surface area contributed by atoms with E-state index in [0.29, 0.717) is 0 Å². The van der Waals surface area contributed by atoms with Gasteiger partial charge in [0.2, 0.25) is 0 Å². The first-order valence-electron chi connectivity index (χ1n) is 6.50. The lowest BCUT2D eigenvalue weighted by atomic mass is 9.85. The molecule has 16 heavy (non-hydrogen) atoms. The van der Waals surface area contributed by atoms with Crippen LogP contribution in [0.4, 0.5) is 0 Å². The Morgan fingerprint density at radius 2 is 2.25 bits per heavy atom. The molecule has 4 nitrogen and oxygen atoms in total. The quantitative estimate of drug-likeness (QED) is 0.830. The fourth-order valence-electron chi connectivity index (χ4n) is 2.70. The van der Waals surface area contributed by atoms with E-state index in [1.807, 2.05) is 6.20 Å². The number of hydrogen-bond acceptors (Lipinski definition) is 3. The predicted molar refractivity (Wildman–Crippen MR) is 62.0 cm³/mol. The van der Waals surface area contributed by atoms with Crippen LogP contribution in [-0.4, -0.2) is 28.1 Å². The molecule has 1 aliphatic carbocycles. The summed E-state index contributed by atoms with van der Waals surface area (Å²) in [6.45, 7) is 3.43. The normalized spacial score (nSPS) is 25.9. The number of nitrogens with one attached hydrogen (secondary N) is 1. The molecule has 1 aliphatic heterocycles. The summed E-state index contributed by atoms with van der Waals surface area (Å²) in [6.07, 6.45) is 8.56. The van der Waals surface area contributed by atoms with Crippen molar-refractivity contribution in [3.05, 3.63) is 11.9 Å². The zero-order valence-electron chi connectivity index (χ0n) is 9.73. The SMILES string of the molecule is c1nnn(CC2CCC2)c1CC1CCNC1. The van der Waals surface area contributed by atoms with Crippen LogP contribution in [0.15, 0.2) is 6.20 Å². The first kappa shape index (κ1) is 10.3. The van der Waals surface area contributed by atoms with Gasteiger partial charge in [-0.1, -0.05) is 11.6 Å². The lowest BCUT2D eigenvalue weighted by Crippen LogP contribution is -2.21. The van der Waals surface area contributed by atoms with Gasteiger partial charge >= 0.3 is 0 Å². The third-order valence-corrected chi connectivity index (χ3v) is 4.01. The Labute approximate surface area is 96.4 Å². The summed E-state index contributed by atoms with van der Waals surface area (Å²) in [5.74, 6) is 1.65. The van der Waals surface area contributed by atoms with Gasteiger partial charge in [-0.05, 0) is 50.6 Å². The Hall–Kier alpha value is -0.900. The summed E-state index contributed by atoms with van der Waals surface area (Å²) in [4.78, 5) is 0. The molecule has 0 amide bonds. The van der Waals surface area contributed by atoms with Crippen molar-refractivity contribution >= 4 is 0 Å². The van der Waals surface area contributed by atoms with Gasteiger partial charge in [0.1, 0.15) is 0 Å². The van der Waals surface area contributed by atoms with E-state index in [1.54, 1.807) is 0 Å². The van der Waals surface area contributed by atoms with Gasteiger partial charge < -0.3 is 5.32 Å². The lowest BCUT2D eigenvalue weighted by Gasteiger charge is -2.25. The molecule has 1 atom stereocenters. The minimum Gasteiger partial charge on any atom is -0.316 e. The highest BCUT2D eigenvalue weighted by atomic mass is 15.4. The standard InChI is InChI=1S/C12H20N4/c1-2-10(3-1)9-16-12(8-14-15-16)6-11-4-5-13-7-11/h8,10-11,13H,1-7,9H2. The molecule has 4 heteroatoms. The summed E-state index contributed by atoms with van der Waals surface area (Å²) in [5.41, 5.74) is 1.33. The van der Waals surface area contributed by atoms with E-state index in [2.05, 4.69) is 20.3 Å². The predicted octanol–water partition coefficient (Wildman–Crippen LogP) is 1.23. The Balaban J connectivity index is 1.61. The molecule has 1 unspecified atom stereocenters. The molecule has 0 radical (unpaired) electrons. The van der Waals surface area contributed by atoms with Gasteiger partial charge in [-0.3, -0.25) is 0 Å². The van der Waals surface area contributed by atoms with Crippen LogP contribution in [0.5, 0.6) is 0 Å². The molecule has 1 aromatic heterocycles. The van der Waals surface area contributed by atoms with Crippen LogP contribution in [0, 0.1) is 11.8 Å². The number of nitrogens with zero attached hydrogens (tertiary/aromatic N) is 3. The van der Waals surface area contributed by atoms with E-state index in [1.165, 1.54) is 37.9 Å². The maximum Gasteiger partial charge on any atom is 0.0725 e. The summed E-state index contributed by atoms with van der Waals surface area (Å²) in [7, 11) is 0. The minimum absolute atomic E-state index is 0.790. The molecular weight excluding hydrogens is 200 g/mol. The van der Waals surface area contributed by atoms with E-state index in [4.69, 9.17) is 0 Å². The smallest absolute Gasteiger partial charge is 0.0725 e. The van der Waals surface area contributed by atoms with E-state index in [0.717, 1.165) is 31.3 Å². The van der Waals surface area contributed by atoms with Crippen LogP contribution in [0.2, 0.25) is 0 Å². The van der Waals surface area contributed by atoms with Crippen molar-refractivity contribution in [2.45, 2.75) is 38.6 Å². The molecule has 0 aromatic carbocycles. The van der Waals surface area contributed by atoms with Crippen molar-refractivity contribution in [1.29, 1.82) is 0 Å². The molecule has 3 rings (SSSR count). The number of aromatic nitrogens is 3. The fraction of sp³-hybridized carbons (Fsp3) is 0.833. The summed E-state index contributed by atoms with van der Waals surface area (Å²) in [6, 6.07) is 0. The topological polar surface area (TPSA) is 42.7 Å². The maximum absolute atomic E-state index is 4.23. The van der Waals surface area contributed by atoms with Crippen LogP contribution >= 0.6 is 0 Å². The van der Waals surface area contributed by atoms with Gasteiger partial charge in [-0.15, -0.1) is 5.10 Å². The molecule has 1 N–H and O–H groups in total. The summed E-state index contributed by atoms with van der Waals surface area (Å²) in [5, 5.41) is 11.7. The Morgan fingerprint density at radius 1 is 1.31 bits per heavy atom. The molecule has 1 aromatic rings. The highest BCUT2D eigenvalue weighted by molar-refractivity contribution is 4.98. The van der Waals surface area contributed by atoms with Crippen molar-refractivity contribution in [2.75, 3.05) is 13.1 Å². The van der Waals surface area contributed by atoms with Crippen molar-refractivity contribution in [3.8, 4) is 0 Å². The third-order valence-electron chi connectivity index (χ3n) is 4.01. The van der Waals surface area contributed by atoms with E-state index < -0.39 is 0 Å². The molecule has 88 valence electrons. The molecule has 1 saturated carbocycles. The summed E-state index contributed by atoms with van der Waals surface area (Å²) < 4.78 is 2.14. The lowest BCUT2D eigenvalue weighted by molar-refractivity contribution is 0.260. The Kier molecular flexibility index (Phi) is 2.91. The van der Waals surface area contributed by atoms with Crippen LogP contribution < -0.4 is 5.32 Å². The molecule has 2 fully saturated rings. The van der Waals surface area contributed by atoms with Gasteiger partial charge in [0.25, 0.3) is 0 Å². The second kappa shape index (κ2) is 4.53. The van der Waals surface area contributed by atoms with Crippen molar-refractivity contribution in [2.24, 2.45) is 11.8 Å². The third kappa shape index (κ3) is 2.12. The van der Waals surface area contributed by atoms with Crippen LogP contribution in [-0.2, 0) is 13.0 Å². The van der Waals surface area contributed by atoms with E-state index in [9.17, 15) is 0 Å². The second-order valence-electron chi connectivity index (χ2n) is 5.27. The monoisotopic (exact) mass is 220 g/mol.